The third-order valence-corrected chi connectivity index (χ3v) is 30.0. The Balaban J connectivity index is 0.000000186. The number of fused-ring (bicyclic) bond motifs is 24. The predicted molar refractivity (Wildman–Crippen MR) is 618 cm³/mol. The molecule has 0 spiro atoms. The molecule has 0 atom stereocenters. The van der Waals surface area contributed by atoms with Gasteiger partial charge in [0, 0.05) is 183 Å². The number of carboxylic acids is 3. The monoisotopic (exact) mass is 2010 g/mol. The van der Waals surface area contributed by atoms with E-state index >= 15 is 0 Å². The van der Waals surface area contributed by atoms with E-state index < -0.39 is 17.9 Å². The normalized spacial score (nSPS) is 13.0. The fourth-order valence-electron chi connectivity index (χ4n) is 20.9. The largest absolute Gasteiger partial charge is 0.481 e. The molecule has 26 nitrogen and oxygen atoms in total. The number of allylic oxidation sites excluding steroid dienone is 12. The summed E-state index contributed by atoms with van der Waals surface area (Å²) in [4.78, 5) is 131. The summed E-state index contributed by atoms with van der Waals surface area (Å²) in [7, 11) is 0. The Morgan fingerprint density at radius 3 is 0.732 bits per heavy atom. The van der Waals surface area contributed by atoms with Crippen molar-refractivity contribution in [3.05, 3.63) is 247 Å². The van der Waals surface area contributed by atoms with Crippen molar-refractivity contribution in [1.29, 1.82) is 0 Å². The number of nitrogens with one attached hydrogen (secondary N) is 9. The van der Waals surface area contributed by atoms with E-state index in [2.05, 4.69) is 210 Å². The summed E-state index contributed by atoms with van der Waals surface area (Å²) in [6.07, 6.45) is 20.4. The van der Waals surface area contributed by atoms with Gasteiger partial charge in [0.2, 0.25) is 17.7 Å². The first-order valence-corrected chi connectivity index (χ1v) is 52.5. The molecule has 780 valence electrons. The van der Waals surface area contributed by atoms with E-state index in [1.54, 1.807) is 0 Å². The van der Waals surface area contributed by atoms with Crippen LogP contribution in [0.2, 0.25) is 0 Å². The quantitative estimate of drug-likeness (QED) is 0.0159. The summed E-state index contributed by atoms with van der Waals surface area (Å²) in [6.45, 7) is 69.6. The highest BCUT2D eigenvalue weighted by molar-refractivity contribution is 6.03. The van der Waals surface area contributed by atoms with E-state index in [9.17, 15) is 44.1 Å². The van der Waals surface area contributed by atoms with Crippen LogP contribution < -0.4 is 16.0 Å². The van der Waals surface area contributed by atoms with Gasteiger partial charge in [-0.05, 0) is 342 Å². The van der Waals surface area contributed by atoms with Gasteiger partial charge in [0.25, 0.3) is 0 Å². The highest BCUT2D eigenvalue weighted by Gasteiger charge is 2.30. The average Bonchev–Trinajstić information content (AvgIpc) is 1.62. The van der Waals surface area contributed by atoms with E-state index in [0.717, 1.165) is 290 Å². The minimum absolute atomic E-state index is 0.00236. The lowest BCUT2D eigenvalue weighted by molar-refractivity contribution is -0.137. The molecule has 26 heteroatoms. The standard InChI is InChI=1S/C42H52N6O3.C41H49N5O3.C40H48N6O3/c1-11-29-25(7)33-19-34-28(10)32(14-16-42(50)51)40(46-34)22-39-31(13-15-41(49)43-17-18-48(23(3)4)24(5)6)27(9)36(47-39)21-38-30(12-2)26(8)35(45-38)20-37(29)44-33;1-8-11-12-13-14-19-42-40(47)17-15-30-26(6)35-22-37-29(10-3)25(5)34(44-37)21-36-28(9-2)24(4)32(43-36)20-33-27(7)31(16-18-41(48)49)39(45-33)23-38(30)46-35;1-9-27-23(5)31-19-32-26(8)30(14-16-40(48)49)38(44-32)22-37-29(13-15-39(47)41-17-18-46(11-3)12-4)25(7)34(45-37)21-36-28(10-2)24(6)33(43-36)20-35(27)42-31/h11-12,19-24,44-45H,1-2,13-18H2,3-10H3,(H,43,49)(H,50,51);9-10,20-23,43-44H,2-3,8,11-19H2,1,4-7H3,(H,42,47)(H,48,49);9-10,19-22,42-43H,1-2,11-18H2,3-8H3,(H,41,47)(H,48,49). The van der Waals surface area contributed by atoms with Gasteiger partial charge in [0.1, 0.15) is 0 Å². The first-order valence-electron chi connectivity index (χ1n) is 52.5. The molecule has 0 fully saturated rings. The maximum Gasteiger partial charge on any atom is 0.303 e. The van der Waals surface area contributed by atoms with Crippen molar-refractivity contribution in [1.82, 2.24) is 85.6 Å². The van der Waals surface area contributed by atoms with Gasteiger partial charge in [0.15, 0.2) is 0 Å². The Morgan fingerprint density at radius 1 is 0.289 bits per heavy atom. The molecule has 12 N–H and O–H groups in total. The third kappa shape index (κ3) is 25.5. The molecule has 0 saturated heterocycles. The lowest BCUT2D eigenvalue weighted by Crippen LogP contribution is -2.42. The van der Waals surface area contributed by atoms with Gasteiger partial charge in [-0.3, -0.25) is 33.7 Å². The Morgan fingerprint density at radius 2 is 0.503 bits per heavy atom. The Kier molecular flexibility index (Phi) is 37.1. The maximum absolute atomic E-state index is 13.2. The summed E-state index contributed by atoms with van der Waals surface area (Å²) >= 11 is 0. The van der Waals surface area contributed by atoms with Crippen LogP contribution in [-0.4, -0.2) is 178 Å². The molecule has 15 rings (SSSR count). The molecular weight excluding hydrogens is 1860 g/mol. The summed E-state index contributed by atoms with van der Waals surface area (Å²) < 4.78 is 0. The van der Waals surface area contributed by atoms with Crippen LogP contribution in [0.25, 0.3) is 170 Å². The molecule has 6 aliphatic heterocycles. The van der Waals surface area contributed by atoms with Crippen LogP contribution in [0.15, 0.2) is 112 Å². The number of rotatable bonds is 40. The minimum atomic E-state index is -0.865. The van der Waals surface area contributed by atoms with Gasteiger partial charge < -0.3 is 66.1 Å². The molecule has 0 aromatic carbocycles. The molecule has 0 saturated carbocycles. The minimum Gasteiger partial charge on any atom is -0.481 e. The first kappa shape index (κ1) is 111. The molecule has 6 aliphatic rings. The number of unbranched alkanes of at least 4 members (excludes halogenated alkanes) is 4. The molecule has 149 heavy (non-hydrogen) atoms. The number of aliphatic carboxylic acids is 3. The average molecular weight is 2010 g/mol. The molecule has 3 amide bonds. The highest BCUT2D eigenvalue weighted by Crippen LogP contribution is 2.44. The van der Waals surface area contributed by atoms with E-state index in [1.807, 2.05) is 126 Å². The van der Waals surface area contributed by atoms with E-state index in [4.69, 9.17) is 29.9 Å². The fraction of sp³-hybridized carbons (Fsp3) is 0.366. The third-order valence-electron chi connectivity index (χ3n) is 30.0. The van der Waals surface area contributed by atoms with Gasteiger partial charge >= 0.3 is 17.9 Å². The fourth-order valence-corrected chi connectivity index (χ4v) is 20.9. The SMILES string of the molecule is C=Cc1c(C)c2cc3[nH]c(cc4nc(cc5nc(cc1[nH]2)C(C)=C5CCC(=O)NCCCCCCC)C(CCC(=O)O)=C4C)c(C)c3C=C.C=Cc1c(C)c2cc3[nH]c(cc4nc(cc5nc(cc1[nH]2)C(C)=C5CCC(=O)NCCN(C(C)C)C(C)C)C(CCC(=O)O)=C4C)c(C)c3C=C.C=Cc1c(C)c2cc3[nH]c(cc4nc(cc5nc(cc1[nH]2)C(C)=C5CCC(=O)NCCN(CC)CC)C(CCC(=O)O)=C4C)c(C)c3C=C. The zero-order valence-electron chi connectivity index (χ0n) is 90.6. The second-order valence-corrected chi connectivity index (χ2v) is 39.9. The number of nitrogens with zero attached hydrogens (tertiary/aromatic N) is 8. The van der Waals surface area contributed by atoms with Crippen LogP contribution in [0.5, 0.6) is 0 Å². The molecule has 24 bridgehead atoms. The number of H-pyrrole nitrogens is 6. The lowest BCUT2D eigenvalue weighted by Gasteiger charge is -2.30. The number of aromatic amines is 6. The molecule has 15 heterocycles. The zero-order chi connectivity index (χ0) is 108. The van der Waals surface area contributed by atoms with Crippen molar-refractivity contribution in [2.75, 3.05) is 45.8 Å². The van der Waals surface area contributed by atoms with Crippen LogP contribution in [0.4, 0.5) is 0 Å². The summed E-state index contributed by atoms with van der Waals surface area (Å²) in [5.41, 5.74) is 43.6. The Labute approximate surface area is 875 Å². The van der Waals surface area contributed by atoms with Crippen molar-refractivity contribution in [2.24, 2.45) is 0 Å². The van der Waals surface area contributed by atoms with Crippen molar-refractivity contribution >= 4 is 205 Å². The van der Waals surface area contributed by atoms with Gasteiger partial charge in [-0.25, -0.2) is 29.9 Å². The van der Waals surface area contributed by atoms with Crippen molar-refractivity contribution < 1.29 is 44.1 Å². The smallest absolute Gasteiger partial charge is 0.303 e. The topological polar surface area (TPSA) is 378 Å². The number of carbonyl (C=O) groups is 6. The zero-order valence-corrected chi connectivity index (χ0v) is 90.6. The van der Waals surface area contributed by atoms with Crippen molar-refractivity contribution in [3.63, 3.8) is 0 Å². The Bertz CT molecular complexity index is 7620. The molecule has 9 aromatic heterocycles. The number of amides is 3. The number of carbonyl (C=O) groups excluding carboxylic acids is 3. The summed E-state index contributed by atoms with van der Waals surface area (Å²) in [5, 5.41) is 38.1. The van der Waals surface area contributed by atoms with Crippen LogP contribution >= 0.6 is 0 Å². The van der Waals surface area contributed by atoms with Crippen LogP contribution in [0.1, 0.15) is 334 Å². The molecular formula is C123H149N17O9. The first-order chi connectivity index (χ1) is 71.3. The van der Waals surface area contributed by atoms with Crippen molar-refractivity contribution in [3.8, 4) is 0 Å². The van der Waals surface area contributed by atoms with E-state index in [0.29, 0.717) is 107 Å². The maximum atomic E-state index is 13.2. The van der Waals surface area contributed by atoms with Crippen LogP contribution in [-0.2, 0) is 28.8 Å². The van der Waals surface area contributed by atoms with Gasteiger partial charge in [0.05, 0.1) is 68.3 Å². The number of aromatic nitrogens is 12. The second kappa shape index (κ2) is 49.7. The number of hydrogen-bond acceptors (Lipinski definition) is 14. The van der Waals surface area contributed by atoms with Gasteiger partial charge in [-0.2, -0.15) is 0 Å². The van der Waals surface area contributed by atoms with Crippen molar-refractivity contribution in [2.45, 2.75) is 253 Å². The highest BCUT2D eigenvalue weighted by atomic mass is 16.4. The number of aryl methyl sites for hydroxylation is 6. The van der Waals surface area contributed by atoms with Crippen LogP contribution in [0, 0.1) is 41.5 Å². The molecule has 0 aliphatic carbocycles. The van der Waals surface area contributed by atoms with Crippen LogP contribution in [0.3, 0.4) is 0 Å². The molecule has 0 radical (unpaired) electrons. The van der Waals surface area contributed by atoms with Gasteiger partial charge in [-0.1, -0.05) is 122 Å². The number of likely N-dealkylation sites (N-methyl/N-ethyl adjacent to an activating group) is 1. The van der Waals surface area contributed by atoms with E-state index in [-0.39, 0.29) is 37.0 Å². The number of carboxylic acid groups (broad SMARTS) is 3. The lowest BCUT2D eigenvalue weighted by atomic mass is 9.98. The number of hydrogen-bond donors (Lipinski definition) is 12. The predicted octanol–water partition coefficient (Wildman–Crippen LogP) is 27.0. The summed E-state index contributed by atoms with van der Waals surface area (Å²) in [5.74, 6) is -2.57. The van der Waals surface area contributed by atoms with Gasteiger partial charge in [-0.15, -0.1) is 0 Å². The van der Waals surface area contributed by atoms with E-state index in [1.165, 1.54) is 19.3 Å². The Hall–Kier alpha value is -15.0. The summed E-state index contributed by atoms with van der Waals surface area (Å²) in [6, 6.07) is 25.2. The second-order valence-electron chi connectivity index (χ2n) is 39.9. The molecule has 0 unspecified atom stereocenters. The molecule has 9 aromatic rings.